The number of carbonyl (C=O) groups excluding carboxylic acids is 4. The molecule has 13 nitrogen and oxygen atoms in total. The summed E-state index contributed by atoms with van der Waals surface area (Å²) >= 11 is 7.90. The highest BCUT2D eigenvalue weighted by Crippen LogP contribution is 2.66. The maximum Gasteiger partial charge on any atom is 0.242 e. The van der Waals surface area contributed by atoms with Crippen LogP contribution in [0.15, 0.2) is 101 Å². The van der Waals surface area contributed by atoms with Crippen LogP contribution in [0.2, 0.25) is 5.02 Å². The van der Waals surface area contributed by atoms with Crippen LogP contribution in [0, 0.1) is 36.0 Å². The van der Waals surface area contributed by atoms with Crippen LogP contribution in [0.5, 0.6) is 17.2 Å². The van der Waals surface area contributed by atoms with E-state index in [1.165, 1.54) is 34.8 Å². The number of oxazole rings is 1. The molecule has 2 aliphatic heterocycles. The molecule has 2 saturated heterocycles. The molecule has 2 aliphatic carbocycles. The third-order valence-corrected chi connectivity index (χ3v) is 15.5. The van der Waals surface area contributed by atoms with Crippen LogP contribution in [-0.2, 0) is 26.2 Å². The minimum absolute atomic E-state index is 0.116. The van der Waals surface area contributed by atoms with E-state index in [1.807, 2.05) is 55.5 Å². The van der Waals surface area contributed by atoms with Gasteiger partial charge in [-0.05, 0) is 98.2 Å². The number of aromatic nitrogens is 3. The summed E-state index contributed by atoms with van der Waals surface area (Å²) in [5, 5.41) is 18.3. The van der Waals surface area contributed by atoms with Crippen LogP contribution in [0.4, 0.5) is 11.5 Å². The minimum Gasteiger partial charge on any atom is -0.507 e. The molecule has 1 saturated carbocycles. The first-order valence-electron chi connectivity index (χ1n) is 20.9. The van der Waals surface area contributed by atoms with Gasteiger partial charge in [0, 0.05) is 52.0 Å². The molecule has 322 valence electrons. The number of phenolic OH excluding ortho intramolecular Hbond substituents is 1. The number of methoxy groups -OCH3 is 2. The molecule has 0 bridgehead atoms. The first-order chi connectivity index (χ1) is 30.8. The summed E-state index contributed by atoms with van der Waals surface area (Å²) in [6.45, 7) is 3.76. The number of anilines is 2. The van der Waals surface area contributed by atoms with E-state index in [-0.39, 0.29) is 36.1 Å². The molecular weight excluding hydrogens is 854 g/mol. The highest BCUT2D eigenvalue weighted by Gasteiger charge is 2.68. The molecule has 15 heteroatoms. The lowest BCUT2D eigenvalue weighted by Gasteiger charge is -2.49. The normalized spacial score (nSPS) is 24.1. The van der Waals surface area contributed by atoms with Gasteiger partial charge in [-0.15, -0.1) is 11.3 Å². The van der Waals surface area contributed by atoms with Crippen molar-refractivity contribution < 1.29 is 38.2 Å². The molecule has 7 aromatic rings. The Hall–Kier alpha value is -6.77. The van der Waals surface area contributed by atoms with Gasteiger partial charge in [-0.3, -0.25) is 28.8 Å². The minimum atomic E-state index is -1.47. The summed E-state index contributed by atoms with van der Waals surface area (Å²) in [5.41, 5.74) is 3.53. The van der Waals surface area contributed by atoms with E-state index in [4.69, 9.17) is 30.6 Å². The second-order valence-corrected chi connectivity index (χ2v) is 18.7. The van der Waals surface area contributed by atoms with Crippen molar-refractivity contribution in [2.75, 3.05) is 24.0 Å². The zero-order valence-corrected chi connectivity index (χ0v) is 36.9. The van der Waals surface area contributed by atoms with E-state index in [0.717, 1.165) is 20.5 Å². The standard InChI is InChI=1S/C49H40ClN5O8S/c1-23-30-18-25(50)12-17-38(30)64-43(23)34-22-39(53(3)52-34)55-46(58)32-21-31-28(42(49(32,2)48(55)60)41-35(56)19-27(61-4)20-37(41)62-5)15-16-29-40(31)47(59)54(45(29)57)26-13-10-24(11-14-26)44-51-33-8-6-7-9-36(33)63-44/h6-15,17-20,22,29,31-32,40,42,56H,16,21H2,1-5H3. The number of imide groups is 2. The number of allylic oxidation sites excluding steroid dienone is 2. The van der Waals surface area contributed by atoms with Crippen molar-refractivity contribution in [3.05, 3.63) is 113 Å². The lowest BCUT2D eigenvalue weighted by Crippen LogP contribution is -2.49. The number of hydrogen-bond donors (Lipinski definition) is 1. The van der Waals surface area contributed by atoms with Crippen molar-refractivity contribution in [1.29, 1.82) is 0 Å². The number of ether oxygens (including phenoxy) is 2. The number of aromatic hydroxyl groups is 1. The average Bonchev–Trinajstić information content (AvgIpc) is 4.08. The van der Waals surface area contributed by atoms with Gasteiger partial charge in [0.05, 0.1) is 48.0 Å². The van der Waals surface area contributed by atoms with Gasteiger partial charge in [0.2, 0.25) is 29.5 Å². The highest BCUT2D eigenvalue weighted by molar-refractivity contribution is 7.22. The number of benzene rings is 4. The van der Waals surface area contributed by atoms with Gasteiger partial charge in [0.25, 0.3) is 0 Å². The Labute approximate surface area is 375 Å². The second-order valence-electron chi connectivity index (χ2n) is 17.2. The quantitative estimate of drug-likeness (QED) is 0.121. The van der Waals surface area contributed by atoms with E-state index in [1.54, 1.807) is 61.7 Å². The molecule has 4 aliphatic rings. The van der Waals surface area contributed by atoms with E-state index < -0.39 is 52.7 Å². The monoisotopic (exact) mass is 893 g/mol. The molecule has 64 heavy (non-hydrogen) atoms. The first-order valence-corrected chi connectivity index (χ1v) is 22.1. The van der Waals surface area contributed by atoms with Gasteiger partial charge in [0.15, 0.2) is 5.58 Å². The maximum atomic E-state index is 15.4. The topological polar surface area (TPSA) is 157 Å². The molecule has 4 aromatic carbocycles. The fourth-order valence-electron chi connectivity index (χ4n) is 10.9. The summed E-state index contributed by atoms with van der Waals surface area (Å²) in [7, 11) is 4.63. The molecule has 1 N–H and O–H groups in total. The number of fused-ring (bicyclic) bond motifs is 6. The number of thiophene rings is 1. The molecule has 5 heterocycles. The van der Waals surface area contributed by atoms with E-state index in [9.17, 15) is 14.7 Å². The molecule has 6 atom stereocenters. The van der Waals surface area contributed by atoms with Gasteiger partial charge in [-0.25, -0.2) is 9.88 Å². The second kappa shape index (κ2) is 14.4. The summed E-state index contributed by atoms with van der Waals surface area (Å²) in [5.74, 6) is -4.66. The van der Waals surface area contributed by atoms with Crippen LogP contribution >= 0.6 is 22.9 Å². The molecule has 0 spiro atoms. The van der Waals surface area contributed by atoms with Crippen LogP contribution in [0.25, 0.3) is 43.2 Å². The third kappa shape index (κ3) is 5.61. The van der Waals surface area contributed by atoms with Gasteiger partial charge in [-0.2, -0.15) is 5.10 Å². The van der Waals surface area contributed by atoms with E-state index in [2.05, 4.69) is 4.98 Å². The fraction of sp³-hybridized carbons (Fsp3) is 0.265. The zero-order chi connectivity index (χ0) is 44.5. The molecule has 11 rings (SSSR count). The molecule has 0 radical (unpaired) electrons. The van der Waals surface area contributed by atoms with Crippen molar-refractivity contribution >= 4 is 79.3 Å². The lowest BCUT2D eigenvalue weighted by atomic mass is 9.51. The number of rotatable bonds is 7. The summed E-state index contributed by atoms with van der Waals surface area (Å²) < 4.78 is 19.9. The van der Waals surface area contributed by atoms with Crippen LogP contribution < -0.4 is 19.3 Å². The maximum absolute atomic E-state index is 15.4. The third-order valence-electron chi connectivity index (χ3n) is 14.0. The number of hydrogen-bond acceptors (Lipinski definition) is 11. The van der Waals surface area contributed by atoms with Crippen molar-refractivity contribution in [2.45, 2.75) is 32.6 Å². The van der Waals surface area contributed by atoms with E-state index in [0.29, 0.717) is 55.8 Å². The number of nitrogens with zero attached hydrogens (tertiary/aromatic N) is 5. The van der Waals surface area contributed by atoms with Gasteiger partial charge in [0.1, 0.15) is 34.3 Å². The first kappa shape index (κ1) is 40.0. The number of halogens is 1. The Morgan fingerprint density at radius 1 is 0.906 bits per heavy atom. The SMILES string of the molecule is COc1cc(O)c(C2C3=CCC4C(=O)N(c5ccc(-c6nc7ccccc7o6)cc5)C(=O)C4C3CC3C(=O)N(c4cc(-c5sc6ccc(Cl)cc6c5C)nn4C)C(=O)C32C)c(OC)c1. The Morgan fingerprint density at radius 2 is 1.69 bits per heavy atom. The number of phenols is 1. The van der Waals surface area contributed by atoms with Crippen molar-refractivity contribution in [2.24, 2.45) is 36.1 Å². The predicted octanol–water partition coefficient (Wildman–Crippen LogP) is 9.23. The molecule has 3 aromatic heterocycles. The van der Waals surface area contributed by atoms with Crippen molar-refractivity contribution in [1.82, 2.24) is 14.8 Å². The number of aryl methyl sites for hydroxylation is 2. The van der Waals surface area contributed by atoms with Gasteiger partial charge < -0.3 is 19.0 Å². The van der Waals surface area contributed by atoms with Crippen LogP contribution in [-0.4, -0.2) is 57.7 Å². The van der Waals surface area contributed by atoms with Crippen LogP contribution in [0.1, 0.15) is 36.8 Å². The van der Waals surface area contributed by atoms with Gasteiger partial charge >= 0.3 is 0 Å². The Balaban J connectivity index is 0.994. The Bertz CT molecular complexity index is 3170. The van der Waals surface area contributed by atoms with E-state index >= 15 is 9.59 Å². The van der Waals surface area contributed by atoms with Crippen LogP contribution in [0.3, 0.4) is 0 Å². The number of amides is 4. The fourth-order valence-corrected chi connectivity index (χ4v) is 12.2. The molecular formula is C49H40ClN5O8S. The summed E-state index contributed by atoms with van der Waals surface area (Å²) in [6, 6.07) is 25.0. The smallest absolute Gasteiger partial charge is 0.242 e. The number of carbonyl (C=O) groups is 4. The molecule has 3 fully saturated rings. The van der Waals surface area contributed by atoms with Crippen molar-refractivity contribution in [3.8, 4) is 39.3 Å². The molecule has 6 unspecified atom stereocenters. The largest absolute Gasteiger partial charge is 0.507 e. The average molecular weight is 894 g/mol. The predicted molar refractivity (Wildman–Crippen MR) is 242 cm³/mol. The zero-order valence-electron chi connectivity index (χ0n) is 35.3. The summed E-state index contributed by atoms with van der Waals surface area (Å²) in [4.78, 5) is 67.8. The number of para-hydroxylation sites is 2. The Morgan fingerprint density at radius 3 is 2.44 bits per heavy atom. The highest BCUT2D eigenvalue weighted by atomic mass is 35.5. The summed E-state index contributed by atoms with van der Waals surface area (Å²) in [6.07, 6.45) is 2.27. The lowest BCUT2D eigenvalue weighted by molar-refractivity contribution is -0.131. The Kier molecular flexibility index (Phi) is 8.99. The van der Waals surface area contributed by atoms with Crippen molar-refractivity contribution in [3.63, 3.8) is 0 Å². The van der Waals surface area contributed by atoms with Gasteiger partial charge in [-0.1, -0.05) is 35.4 Å². The molecule has 4 amide bonds.